The van der Waals surface area contributed by atoms with Crippen molar-refractivity contribution in [1.82, 2.24) is 9.21 Å². The van der Waals surface area contributed by atoms with E-state index < -0.39 is 10.0 Å². The molecule has 3 atom stereocenters. The molecule has 2 aliphatic heterocycles. The van der Waals surface area contributed by atoms with E-state index >= 15 is 0 Å². The third-order valence-electron chi connectivity index (χ3n) is 8.08. The minimum absolute atomic E-state index is 0.000289. The minimum Gasteiger partial charge on any atom is -0.497 e. The summed E-state index contributed by atoms with van der Waals surface area (Å²) in [6.07, 6.45) is 1.72. The molecule has 2 fully saturated rings. The van der Waals surface area contributed by atoms with E-state index in [9.17, 15) is 13.5 Å². The second-order valence-corrected chi connectivity index (χ2v) is 12.1. The number of ether oxygens (including phenoxy) is 1. The molecule has 2 heterocycles. The van der Waals surface area contributed by atoms with Crippen molar-refractivity contribution in [3.63, 3.8) is 0 Å². The average molecular weight is 521 g/mol. The van der Waals surface area contributed by atoms with E-state index in [1.54, 1.807) is 23.5 Å². The number of fused-ring (bicyclic) bond motifs is 1. The number of methoxy groups -OCH3 is 1. The van der Waals surface area contributed by atoms with Crippen LogP contribution in [0.1, 0.15) is 35.4 Å². The van der Waals surface area contributed by atoms with E-state index in [-0.39, 0.29) is 24.6 Å². The number of hydrogen-bond donors (Lipinski definition) is 1. The Hall–Kier alpha value is -2.71. The maximum Gasteiger partial charge on any atom is 0.243 e. The monoisotopic (exact) mass is 520 g/mol. The Morgan fingerprint density at radius 1 is 0.946 bits per heavy atom. The van der Waals surface area contributed by atoms with Crippen molar-refractivity contribution < 1.29 is 18.3 Å². The van der Waals surface area contributed by atoms with Gasteiger partial charge in [-0.25, -0.2) is 8.42 Å². The van der Waals surface area contributed by atoms with Crippen molar-refractivity contribution in [2.45, 2.75) is 49.6 Å². The molecular formula is C30H36N2O4S. The molecule has 6 nitrogen and oxygen atoms in total. The molecule has 3 aromatic rings. The van der Waals surface area contributed by atoms with Gasteiger partial charge in [-0.1, -0.05) is 48.5 Å². The molecule has 2 aliphatic rings. The van der Waals surface area contributed by atoms with Crippen molar-refractivity contribution in [2.24, 2.45) is 0 Å². The van der Waals surface area contributed by atoms with Gasteiger partial charge in [-0.05, 0) is 79.3 Å². The predicted octanol–water partition coefficient (Wildman–Crippen LogP) is 4.59. The Morgan fingerprint density at radius 2 is 1.68 bits per heavy atom. The zero-order valence-corrected chi connectivity index (χ0v) is 22.6. The molecule has 1 N–H and O–H groups in total. The predicted molar refractivity (Wildman–Crippen MR) is 146 cm³/mol. The van der Waals surface area contributed by atoms with Gasteiger partial charge in [0.15, 0.2) is 0 Å². The largest absolute Gasteiger partial charge is 0.497 e. The number of hydrogen-bond acceptors (Lipinski definition) is 5. The molecule has 37 heavy (non-hydrogen) atoms. The zero-order valence-electron chi connectivity index (χ0n) is 21.8. The summed E-state index contributed by atoms with van der Waals surface area (Å²) < 4.78 is 34.4. The van der Waals surface area contributed by atoms with Crippen molar-refractivity contribution in [2.75, 3.05) is 33.4 Å². The third-order valence-corrected chi connectivity index (χ3v) is 10.1. The van der Waals surface area contributed by atoms with E-state index in [0.717, 1.165) is 53.0 Å². The van der Waals surface area contributed by atoms with Crippen LogP contribution in [0, 0.1) is 13.8 Å². The van der Waals surface area contributed by atoms with Crippen LogP contribution in [0.3, 0.4) is 0 Å². The lowest BCUT2D eigenvalue weighted by Gasteiger charge is -2.57. The highest BCUT2D eigenvalue weighted by atomic mass is 32.2. The maximum atomic E-state index is 13.7. The molecule has 7 heteroatoms. The first-order valence-electron chi connectivity index (χ1n) is 13.0. The first-order valence-corrected chi connectivity index (χ1v) is 14.5. The first-order chi connectivity index (χ1) is 17.8. The third kappa shape index (κ3) is 4.81. The van der Waals surface area contributed by atoms with Gasteiger partial charge in [0, 0.05) is 31.1 Å². The van der Waals surface area contributed by atoms with Gasteiger partial charge in [0.05, 0.1) is 18.6 Å². The minimum atomic E-state index is -3.60. The number of nitrogens with zero attached hydrogens (tertiary/aromatic N) is 2. The Morgan fingerprint density at radius 3 is 2.35 bits per heavy atom. The molecule has 0 aliphatic carbocycles. The molecule has 0 bridgehead atoms. The summed E-state index contributed by atoms with van der Waals surface area (Å²) in [7, 11) is -1.93. The smallest absolute Gasteiger partial charge is 0.243 e. The number of aliphatic hydroxyl groups is 1. The quantitative estimate of drug-likeness (QED) is 0.515. The number of rotatable bonds is 6. The molecule has 0 aromatic heterocycles. The van der Waals surface area contributed by atoms with Gasteiger partial charge < -0.3 is 9.84 Å². The molecule has 3 aromatic carbocycles. The van der Waals surface area contributed by atoms with E-state index in [4.69, 9.17) is 4.74 Å². The number of sulfonamides is 1. The molecule has 0 amide bonds. The Labute approximate surface area is 220 Å². The second-order valence-electron chi connectivity index (χ2n) is 10.2. The summed E-state index contributed by atoms with van der Waals surface area (Å²) in [5, 5.41) is 10.3. The summed E-state index contributed by atoms with van der Waals surface area (Å²) in [5.41, 5.74) is 5.34. The highest BCUT2D eigenvalue weighted by Gasteiger charge is 2.50. The van der Waals surface area contributed by atoms with Crippen LogP contribution < -0.4 is 4.74 Å². The van der Waals surface area contributed by atoms with Gasteiger partial charge in [0.2, 0.25) is 10.0 Å². The lowest BCUT2D eigenvalue weighted by atomic mass is 9.74. The second kappa shape index (κ2) is 10.6. The maximum absolute atomic E-state index is 13.7. The van der Waals surface area contributed by atoms with E-state index in [1.165, 1.54) is 0 Å². The van der Waals surface area contributed by atoms with E-state index in [1.807, 2.05) is 31.2 Å². The topological polar surface area (TPSA) is 70.1 Å². The van der Waals surface area contributed by atoms with Crippen molar-refractivity contribution in [3.05, 3.63) is 83.4 Å². The standard InChI is InChI=1S/C30H36N2O4S/c1-21-8-4-5-9-29(21)37(34,35)31-16-6-7-17-32-27(19-31)30(28(32)20-33)24-12-10-23(11-13-24)26-15-14-25(36-3)18-22(26)2/h4-5,8-15,18,27-28,30,33H,6-7,16-17,19-20H2,1-3H3/t27-,28?,30-/m0/s1. The molecule has 1 unspecified atom stereocenters. The summed E-state index contributed by atoms with van der Waals surface area (Å²) in [5.74, 6) is 0.913. The van der Waals surface area contributed by atoms with Crippen molar-refractivity contribution >= 4 is 10.0 Å². The summed E-state index contributed by atoms with van der Waals surface area (Å²) in [4.78, 5) is 2.70. The number of aliphatic hydroxyl groups excluding tert-OH is 1. The van der Waals surface area contributed by atoms with Crippen LogP contribution in [0.5, 0.6) is 5.75 Å². The van der Waals surface area contributed by atoms with Crippen molar-refractivity contribution in [1.29, 1.82) is 0 Å². The van der Waals surface area contributed by atoms with Gasteiger partial charge >= 0.3 is 0 Å². The first kappa shape index (κ1) is 25.9. The lowest BCUT2D eigenvalue weighted by molar-refractivity contribution is -0.0553. The van der Waals surface area contributed by atoms with Gasteiger partial charge in [-0.3, -0.25) is 4.90 Å². The van der Waals surface area contributed by atoms with Crippen LogP contribution in [0.15, 0.2) is 71.6 Å². The Kier molecular flexibility index (Phi) is 7.41. The van der Waals surface area contributed by atoms with Crippen LogP contribution in [-0.4, -0.2) is 68.2 Å². The molecule has 196 valence electrons. The average Bonchev–Trinajstić information content (AvgIpc) is 2.88. The van der Waals surface area contributed by atoms with Crippen molar-refractivity contribution in [3.8, 4) is 16.9 Å². The lowest BCUT2D eigenvalue weighted by Crippen LogP contribution is -2.67. The number of aryl methyl sites for hydroxylation is 2. The summed E-state index contributed by atoms with van der Waals surface area (Å²) in [6.45, 7) is 5.82. The highest BCUT2D eigenvalue weighted by Crippen LogP contribution is 2.43. The molecule has 0 spiro atoms. The van der Waals surface area contributed by atoms with Gasteiger partial charge in [0.25, 0.3) is 0 Å². The summed E-state index contributed by atoms with van der Waals surface area (Å²) >= 11 is 0. The molecule has 2 saturated heterocycles. The van der Waals surface area contributed by atoms with Gasteiger partial charge in [0.1, 0.15) is 5.75 Å². The molecule has 0 radical (unpaired) electrons. The summed E-state index contributed by atoms with van der Waals surface area (Å²) in [6, 6.07) is 21.9. The van der Waals surface area contributed by atoms with Crippen LogP contribution >= 0.6 is 0 Å². The highest BCUT2D eigenvalue weighted by molar-refractivity contribution is 7.89. The van der Waals surface area contributed by atoms with Gasteiger partial charge in [-0.2, -0.15) is 4.31 Å². The Balaban J connectivity index is 1.43. The van der Waals surface area contributed by atoms with Crippen LogP contribution in [0.4, 0.5) is 0 Å². The van der Waals surface area contributed by atoms with E-state index in [0.29, 0.717) is 18.0 Å². The fourth-order valence-electron chi connectivity index (χ4n) is 6.08. The van der Waals surface area contributed by atoms with Crippen LogP contribution in [0.2, 0.25) is 0 Å². The fraction of sp³-hybridized carbons (Fsp3) is 0.400. The SMILES string of the molecule is COc1ccc(-c2ccc([C@@H]3C(CO)N4CCCCN(S(=O)(=O)c5ccccc5C)C[C@@H]34)cc2)c(C)c1. The van der Waals surface area contributed by atoms with E-state index in [2.05, 4.69) is 42.2 Å². The molecular weight excluding hydrogens is 484 g/mol. The normalized spacial score (nSPS) is 23.0. The van der Waals surface area contributed by atoms with Gasteiger partial charge in [-0.15, -0.1) is 0 Å². The molecule has 5 rings (SSSR count). The number of benzene rings is 3. The Bertz CT molecular complexity index is 1360. The fourth-order valence-corrected chi connectivity index (χ4v) is 7.81. The zero-order chi connectivity index (χ0) is 26.2. The molecule has 0 saturated carbocycles. The van der Waals surface area contributed by atoms with Crippen LogP contribution in [0.25, 0.3) is 11.1 Å². The van der Waals surface area contributed by atoms with Crippen LogP contribution in [-0.2, 0) is 10.0 Å².